The van der Waals surface area contributed by atoms with Crippen LogP contribution in [0, 0.1) is 19.3 Å². The molecular formula is C20H14N2O5. The van der Waals surface area contributed by atoms with Gasteiger partial charge in [0.15, 0.2) is 5.52 Å². The van der Waals surface area contributed by atoms with Gasteiger partial charge in [0.05, 0.1) is 5.52 Å². The van der Waals surface area contributed by atoms with E-state index in [2.05, 4.69) is 15.3 Å². The molecule has 27 heavy (non-hydrogen) atoms. The number of carbonyl (C=O) groups is 1. The van der Waals surface area contributed by atoms with Crippen molar-refractivity contribution in [1.29, 1.82) is 0 Å². The maximum absolute atomic E-state index is 12.5. The summed E-state index contributed by atoms with van der Waals surface area (Å²) in [7, 11) is 0. The van der Waals surface area contributed by atoms with Gasteiger partial charge in [-0.25, -0.2) is 19.1 Å². The van der Waals surface area contributed by atoms with E-state index in [4.69, 9.17) is 11.2 Å². The van der Waals surface area contributed by atoms with Crippen LogP contribution < -0.4 is 16.1 Å². The number of benzene rings is 1. The van der Waals surface area contributed by atoms with Crippen LogP contribution in [0.5, 0.6) is 5.75 Å². The van der Waals surface area contributed by atoms with Crippen LogP contribution in [0.4, 0.5) is 0 Å². The molecule has 2 aromatic heterocycles. The molecule has 2 heterocycles. The van der Waals surface area contributed by atoms with E-state index in [1.807, 2.05) is 13.0 Å². The fourth-order valence-corrected chi connectivity index (χ4v) is 2.51. The van der Waals surface area contributed by atoms with Gasteiger partial charge in [-0.1, -0.05) is 12.0 Å². The van der Waals surface area contributed by atoms with Gasteiger partial charge in [-0.2, -0.15) is 0 Å². The smallest absolute Gasteiger partial charge is 0.429 e. The van der Waals surface area contributed by atoms with Gasteiger partial charge in [0.1, 0.15) is 12.4 Å². The number of carbonyl (C=O) groups excluding carboxylic acids is 1. The minimum Gasteiger partial charge on any atom is -0.481 e. The van der Waals surface area contributed by atoms with E-state index < -0.39 is 17.3 Å². The van der Waals surface area contributed by atoms with Crippen LogP contribution in [0.15, 0.2) is 56.6 Å². The lowest BCUT2D eigenvalue weighted by molar-refractivity contribution is 0.0960. The van der Waals surface area contributed by atoms with E-state index >= 15 is 0 Å². The third kappa shape index (κ3) is 3.70. The van der Waals surface area contributed by atoms with E-state index in [0.29, 0.717) is 5.75 Å². The number of hydrogen-bond acceptors (Lipinski definition) is 6. The van der Waals surface area contributed by atoms with Gasteiger partial charge in [0.25, 0.3) is 5.91 Å². The van der Waals surface area contributed by atoms with Crippen LogP contribution in [0.1, 0.15) is 15.9 Å². The maximum atomic E-state index is 12.5. The van der Waals surface area contributed by atoms with Crippen molar-refractivity contribution in [3.8, 4) is 18.1 Å². The van der Waals surface area contributed by atoms with Crippen LogP contribution in [0.3, 0.4) is 0 Å². The van der Waals surface area contributed by atoms with Crippen molar-refractivity contribution in [2.45, 2.75) is 6.92 Å². The molecule has 0 unspecified atom stereocenters. The first-order valence-electron chi connectivity index (χ1n) is 7.91. The SMILES string of the molecule is C#CCOc1ccc(/C=C/C(=O)n2c(=O)oc(=O)c3ncccc32)cc1C. The summed E-state index contributed by atoms with van der Waals surface area (Å²) in [4.78, 5) is 40.0. The number of fused-ring (bicyclic) bond motifs is 1. The zero-order valence-electron chi connectivity index (χ0n) is 14.3. The monoisotopic (exact) mass is 362 g/mol. The summed E-state index contributed by atoms with van der Waals surface area (Å²) in [5.74, 6) is 1.31. The number of hydrogen-bond donors (Lipinski definition) is 0. The quantitative estimate of drug-likeness (QED) is 0.521. The molecular weight excluding hydrogens is 348 g/mol. The minimum atomic E-state index is -1.07. The molecule has 0 saturated carbocycles. The number of ether oxygens (including phenoxy) is 1. The molecule has 0 amide bonds. The fourth-order valence-electron chi connectivity index (χ4n) is 2.51. The Morgan fingerprint density at radius 2 is 2.19 bits per heavy atom. The van der Waals surface area contributed by atoms with Gasteiger partial charge >= 0.3 is 11.4 Å². The molecule has 0 aliphatic carbocycles. The Kier molecular flexibility index (Phi) is 4.99. The van der Waals surface area contributed by atoms with Crippen molar-refractivity contribution in [3.05, 3.63) is 74.7 Å². The molecule has 0 N–H and O–H groups in total. The first kappa shape index (κ1) is 17.9. The van der Waals surface area contributed by atoms with Gasteiger partial charge in [-0.05, 0) is 48.4 Å². The van der Waals surface area contributed by atoms with Gasteiger partial charge in [-0.3, -0.25) is 4.79 Å². The Hall–Kier alpha value is -3.92. The third-order valence-corrected chi connectivity index (χ3v) is 3.73. The molecule has 0 radical (unpaired) electrons. The van der Waals surface area contributed by atoms with Crippen LogP contribution in [-0.4, -0.2) is 22.1 Å². The Morgan fingerprint density at radius 1 is 1.37 bits per heavy atom. The second-order valence-electron chi connectivity index (χ2n) is 5.55. The van der Waals surface area contributed by atoms with Crippen molar-refractivity contribution in [2.75, 3.05) is 6.61 Å². The van der Waals surface area contributed by atoms with Crippen LogP contribution >= 0.6 is 0 Å². The van der Waals surface area contributed by atoms with Gasteiger partial charge < -0.3 is 9.15 Å². The van der Waals surface area contributed by atoms with E-state index in [0.717, 1.165) is 15.7 Å². The van der Waals surface area contributed by atoms with Crippen molar-refractivity contribution in [2.24, 2.45) is 0 Å². The molecule has 7 heteroatoms. The minimum absolute atomic E-state index is 0.0858. The van der Waals surface area contributed by atoms with E-state index in [-0.39, 0.29) is 17.6 Å². The lowest BCUT2D eigenvalue weighted by Crippen LogP contribution is -2.29. The van der Waals surface area contributed by atoms with E-state index in [9.17, 15) is 14.4 Å². The number of pyridine rings is 1. The molecule has 0 atom stereocenters. The predicted octanol–water partition coefficient (Wildman–Crippen LogP) is 2.02. The van der Waals surface area contributed by atoms with Crippen molar-refractivity contribution < 1.29 is 13.9 Å². The first-order valence-corrected chi connectivity index (χ1v) is 7.91. The number of allylic oxidation sites excluding steroid dienone is 1. The molecule has 0 aliphatic rings. The van der Waals surface area contributed by atoms with Crippen molar-refractivity contribution in [3.63, 3.8) is 0 Å². The summed E-state index contributed by atoms with van der Waals surface area (Å²) in [6.45, 7) is 2.01. The molecule has 0 saturated heterocycles. The van der Waals surface area contributed by atoms with Gasteiger partial charge in [0, 0.05) is 12.3 Å². The molecule has 7 nitrogen and oxygen atoms in total. The summed E-state index contributed by atoms with van der Waals surface area (Å²) >= 11 is 0. The largest absolute Gasteiger partial charge is 0.481 e. The zero-order chi connectivity index (χ0) is 19.4. The number of aromatic nitrogens is 2. The van der Waals surface area contributed by atoms with Crippen LogP contribution in [0.2, 0.25) is 0 Å². The second kappa shape index (κ2) is 7.54. The molecule has 0 fully saturated rings. The first-order chi connectivity index (χ1) is 13.0. The normalized spacial score (nSPS) is 10.8. The van der Waals surface area contributed by atoms with Crippen molar-refractivity contribution >= 4 is 23.0 Å². The molecule has 134 valence electrons. The molecule has 3 rings (SSSR count). The zero-order valence-corrected chi connectivity index (χ0v) is 14.3. The third-order valence-electron chi connectivity index (χ3n) is 3.73. The molecule has 0 bridgehead atoms. The Bertz CT molecular complexity index is 1210. The van der Waals surface area contributed by atoms with Crippen LogP contribution in [0.25, 0.3) is 17.1 Å². The summed E-state index contributed by atoms with van der Waals surface area (Å²) in [5.41, 5.74) is 0.674. The lowest BCUT2D eigenvalue weighted by atomic mass is 10.1. The standard InChI is InChI=1S/C20H14N2O5/c1-3-11-26-16-8-6-14(12-13(16)2)7-9-17(23)22-15-5-4-10-21-18(15)19(24)27-20(22)25/h1,4-10,12H,11H2,2H3/b9-7+. The van der Waals surface area contributed by atoms with E-state index in [1.54, 1.807) is 18.2 Å². The van der Waals surface area contributed by atoms with Crippen LogP contribution in [-0.2, 0) is 0 Å². The highest BCUT2D eigenvalue weighted by Crippen LogP contribution is 2.19. The summed E-state index contributed by atoms with van der Waals surface area (Å²) in [5, 5.41) is 0. The molecule has 0 aliphatic heterocycles. The Labute approximate surface area is 153 Å². The van der Waals surface area contributed by atoms with Gasteiger partial charge in [-0.15, -0.1) is 6.42 Å². The number of terminal acetylenes is 1. The summed E-state index contributed by atoms with van der Waals surface area (Å²) in [6.07, 6.45) is 9.30. The van der Waals surface area contributed by atoms with Crippen molar-refractivity contribution in [1.82, 2.24) is 9.55 Å². The van der Waals surface area contributed by atoms with E-state index in [1.165, 1.54) is 24.4 Å². The topological polar surface area (TPSA) is 91.4 Å². The highest BCUT2D eigenvalue weighted by molar-refractivity contribution is 5.98. The Morgan fingerprint density at radius 3 is 2.93 bits per heavy atom. The lowest BCUT2D eigenvalue weighted by Gasteiger charge is -2.07. The molecule has 0 spiro atoms. The maximum Gasteiger partial charge on any atom is 0.429 e. The van der Waals surface area contributed by atoms with Gasteiger partial charge in [0.2, 0.25) is 0 Å². The summed E-state index contributed by atoms with van der Waals surface area (Å²) < 4.78 is 10.7. The number of aryl methyl sites for hydroxylation is 1. The second-order valence-corrected chi connectivity index (χ2v) is 5.55. The fraction of sp³-hybridized carbons (Fsp3) is 0.100. The highest BCUT2D eigenvalue weighted by atomic mass is 16.5. The average molecular weight is 362 g/mol. The predicted molar refractivity (Wildman–Crippen MR) is 99.7 cm³/mol. The summed E-state index contributed by atoms with van der Waals surface area (Å²) in [6, 6.07) is 8.27. The molecule has 1 aromatic carbocycles. The average Bonchev–Trinajstić information content (AvgIpc) is 2.65. The molecule has 3 aromatic rings. The number of nitrogens with zero attached hydrogens (tertiary/aromatic N) is 2. The number of rotatable bonds is 4. The Balaban J connectivity index is 1.94. The highest BCUT2D eigenvalue weighted by Gasteiger charge is 2.14.